The van der Waals surface area contributed by atoms with Gasteiger partial charge in [-0.15, -0.1) is 0 Å². The van der Waals surface area contributed by atoms with Crippen molar-refractivity contribution < 1.29 is 36.6 Å². The van der Waals surface area contributed by atoms with Crippen LogP contribution in [0.5, 0.6) is 5.75 Å². The van der Waals surface area contributed by atoms with Crippen LogP contribution in [0.4, 0.5) is 22.0 Å². The molecule has 0 radical (unpaired) electrons. The van der Waals surface area contributed by atoms with E-state index in [1.165, 1.54) is 19.9 Å². The second-order valence-corrected chi connectivity index (χ2v) is 7.07. The molecule has 0 unspecified atom stereocenters. The molecule has 0 aliphatic heterocycles. The highest BCUT2D eigenvalue weighted by Gasteiger charge is 2.37. The summed E-state index contributed by atoms with van der Waals surface area (Å²) >= 11 is 3.05. The van der Waals surface area contributed by atoms with Gasteiger partial charge in [0.05, 0.1) is 10.0 Å². The normalized spacial score (nSPS) is 12.7. The zero-order valence-electron chi connectivity index (χ0n) is 14.1. The number of aliphatic carboxylic acids is 1. The van der Waals surface area contributed by atoms with E-state index in [0.717, 1.165) is 12.1 Å². The number of hydrogen-bond acceptors (Lipinski definition) is 2. The lowest BCUT2D eigenvalue weighted by molar-refractivity contribution is -0.152. The highest BCUT2D eigenvalue weighted by atomic mass is 79.9. The van der Waals surface area contributed by atoms with Crippen LogP contribution in [0.1, 0.15) is 30.5 Å². The van der Waals surface area contributed by atoms with Gasteiger partial charge in [-0.25, -0.2) is 4.79 Å². The molecule has 0 atom stereocenters. The van der Waals surface area contributed by atoms with Gasteiger partial charge in [-0.1, -0.05) is 12.1 Å². The van der Waals surface area contributed by atoms with Crippen molar-refractivity contribution in [3.05, 3.63) is 63.6 Å². The first kappa shape index (κ1) is 21.1. The molecule has 0 aliphatic carbocycles. The van der Waals surface area contributed by atoms with E-state index in [2.05, 4.69) is 15.9 Å². The Labute approximate surface area is 159 Å². The molecule has 0 saturated carbocycles. The van der Waals surface area contributed by atoms with E-state index in [1.807, 2.05) is 0 Å². The standard InChI is InChI=1S/C18H14BrF5O3/c1-16(2,15(25)26)27-14-8-7-12(9-13(14)19)17(20,21)10-3-5-11(6-4-10)18(22,23)24/h3-9H,1-2H3,(H,25,26). The van der Waals surface area contributed by atoms with Gasteiger partial charge >= 0.3 is 12.1 Å². The summed E-state index contributed by atoms with van der Waals surface area (Å²) in [7, 11) is 0. The van der Waals surface area contributed by atoms with Crippen molar-refractivity contribution in [3.63, 3.8) is 0 Å². The molecule has 27 heavy (non-hydrogen) atoms. The van der Waals surface area contributed by atoms with Gasteiger partial charge in [-0.3, -0.25) is 0 Å². The molecule has 0 fully saturated rings. The second-order valence-electron chi connectivity index (χ2n) is 6.21. The molecular weight excluding hydrogens is 439 g/mol. The number of carboxylic acid groups (broad SMARTS) is 1. The smallest absolute Gasteiger partial charge is 0.416 e. The summed E-state index contributed by atoms with van der Waals surface area (Å²) in [6.45, 7) is 2.60. The highest BCUT2D eigenvalue weighted by molar-refractivity contribution is 9.10. The molecule has 9 heteroatoms. The first-order chi connectivity index (χ1) is 12.2. The first-order valence-electron chi connectivity index (χ1n) is 7.53. The maximum absolute atomic E-state index is 14.7. The fraction of sp³-hybridized carbons (Fsp3) is 0.278. The molecule has 2 aromatic rings. The van der Waals surface area contributed by atoms with Crippen molar-refractivity contribution in [2.75, 3.05) is 0 Å². The molecule has 2 aromatic carbocycles. The zero-order valence-corrected chi connectivity index (χ0v) is 15.7. The molecular formula is C18H14BrF5O3. The van der Waals surface area contributed by atoms with Crippen LogP contribution < -0.4 is 4.74 Å². The van der Waals surface area contributed by atoms with Crippen molar-refractivity contribution in [1.82, 2.24) is 0 Å². The van der Waals surface area contributed by atoms with E-state index in [1.54, 1.807) is 0 Å². The van der Waals surface area contributed by atoms with Crippen LogP contribution in [0, 0.1) is 0 Å². The minimum Gasteiger partial charge on any atom is -0.478 e. The van der Waals surface area contributed by atoms with Gasteiger partial charge < -0.3 is 9.84 Å². The van der Waals surface area contributed by atoms with Crippen LogP contribution in [0.2, 0.25) is 0 Å². The zero-order chi connectivity index (χ0) is 20.6. The van der Waals surface area contributed by atoms with Crippen molar-refractivity contribution in [1.29, 1.82) is 0 Å². The lowest BCUT2D eigenvalue weighted by atomic mass is 9.99. The quantitative estimate of drug-likeness (QED) is 0.578. The van der Waals surface area contributed by atoms with E-state index < -0.39 is 40.4 Å². The Morgan fingerprint density at radius 2 is 1.41 bits per heavy atom. The number of alkyl halides is 5. The van der Waals surface area contributed by atoms with Crippen molar-refractivity contribution >= 4 is 21.9 Å². The minimum absolute atomic E-state index is 0.0365. The van der Waals surface area contributed by atoms with Gasteiger partial charge in [0.1, 0.15) is 5.75 Å². The third-order valence-corrected chi connectivity index (χ3v) is 4.37. The van der Waals surface area contributed by atoms with E-state index >= 15 is 0 Å². The SMILES string of the molecule is CC(C)(Oc1ccc(C(F)(F)c2ccc(C(F)(F)F)cc2)cc1Br)C(=O)O. The molecule has 0 saturated heterocycles. The number of ether oxygens (including phenoxy) is 1. The third kappa shape index (κ3) is 4.58. The molecule has 0 aliphatic rings. The molecule has 3 nitrogen and oxygen atoms in total. The molecule has 0 spiro atoms. The Balaban J connectivity index is 2.34. The summed E-state index contributed by atoms with van der Waals surface area (Å²) in [5.74, 6) is -4.77. The molecule has 0 heterocycles. The van der Waals surface area contributed by atoms with Crippen LogP contribution in [0.15, 0.2) is 46.9 Å². The Morgan fingerprint density at radius 3 is 1.85 bits per heavy atom. The molecule has 0 amide bonds. The number of carbonyl (C=O) groups is 1. The predicted molar refractivity (Wildman–Crippen MR) is 90.9 cm³/mol. The third-order valence-electron chi connectivity index (χ3n) is 3.75. The number of hydrogen-bond donors (Lipinski definition) is 1. The van der Waals surface area contributed by atoms with Crippen molar-refractivity contribution in [3.8, 4) is 5.75 Å². The predicted octanol–water partition coefficient (Wildman–Crippen LogP) is 5.85. The molecule has 1 N–H and O–H groups in total. The fourth-order valence-electron chi connectivity index (χ4n) is 2.13. The first-order valence-corrected chi connectivity index (χ1v) is 8.32. The topological polar surface area (TPSA) is 46.5 Å². The maximum atomic E-state index is 14.7. The second kappa shape index (κ2) is 7.10. The summed E-state index contributed by atoms with van der Waals surface area (Å²) < 4.78 is 72.4. The molecule has 0 aromatic heterocycles. The lowest BCUT2D eigenvalue weighted by Gasteiger charge is -2.23. The fourth-order valence-corrected chi connectivity index (χ4v) is 2.59. The number of rotatable bonds is 5. The molecule has 146 valence electrons. The Kier molecular flexibility index (Phi) is 5.56. The Hall–Kier alpha value is -2.16. The van der Waals surface area contributed by atoms with E-state index in [4.69, 9.17) is 9.84 Å². The molecule has 0 bridgehead atoms. The number of benzene rings is 2. The van der Waals surface area contributed by atoms with Crippen LogP contribution >= 0.6 is 15.9 Å². The minimum atomic E-state index is -4.62. The summed E-state index contributed by atoms with van der Waals surface area (Å²) in [5, 5.41) is 9.07. The van der Waals surface area contributed by atoms with Gasteiger partial charge in [-0.05, 0) is 60.1 Å². The Bertz CT molecular complexity index is 845. The number of carboxylic acids is 1. The van der Waals surface area contributed by atoms with E-state index in [0.29, 0.717) is 24.3 Å². The monoisotopic (exact) mass is 452 g/mol. The van der Waals surface area contributed by atoms with Gasteiger partial charge in [0.2, 0.25) is 0 Å². The van der Waals surface area contributed by atoms with Gasteiger partial charge in [-0.2, -0.15) is 22.0 Å². The average Bonchev–Trinajstić information content (AvgIpc) is 2.55. The van der Waals surface area contributed by atoms with Crippen LogP contribution in [-0.2, 0) is 16.9 Å². The summed E-state index contributed by atoms with van der Waals surface area (Å²) in [5.41, 5.74) is -3.71. The lowest BCUT2D eigenvalue weighted by Crippen LogP contribution is -2.38. The number of halogens is 6. The van der Waals surface area contributed by atoms with Gasteiger partial charge in [0, 0.05) is 11.1 Å². The van der Waals surface area contributed by atoms with Crippen LogP contribution in [0.3, 0.4) is 0 Å². The van der Waals surface area contributed by atoms with Gasteiger partial charge in [0.15, 0.2) is 5.60 Å². The Morgan fingerprint density at radius 1 is 0.926 bits per heavy atom. The summed E-state index contributed by atoms with van der Waals surface area (Å²) in [6.07, 6.45) is -4.62. The molecule has 2 rings (SSSR count). The van der Waals surface area contributed by atoms with E-state index in [9.17, 15) is 26.7 Å². The van der Waals surface area contributed by atoms with Gasteiger partial charge in [0.25, 0.3) is 5.92 Å². The van der Waals surface area contributed by atoms with Crippen molar-refractivity contribution in [2.24, 2.45) is 0 Å². The van der Waals surface area contributed by atoms with Crippen LogP contribution in [0.25, 0.3) is 0 Å². The van der Waals surface area contributed by atoms with E-state index in [-0.39, 0.29) is 10.2 Å². The average molecular weight is 453 g/mol. The summed E-state index contributed by atoms with van der Waals surface area (Å²) in [4.78, 5) is 11.1. The van der Waals surface area contributed by atoms with Crippen molar-refractivity contribution in [2.45, 2.75) is 31.5 Å². The maximum Gasteiger partial charge on any atom is 0.416 e. The highest BCUT2D eigenvalue weighted by Crippen LogP contribution is 2.40. The van der Waals surface area contributed by atoms with Crippen LogP contribution in [-0.4, -0.2) is 16.7 Å². The largest absolute Gasteiger partial charge is 0.478 e. The summed E-state index contributed by atoms with van der Waals surface area (Å²) in [6, 6.07) is 5.84.